The summed E-state index contributed by atoms with van der Waals surface area (Å²) in [6.07, 6.45) is 0.571. The van der Waals surface area contributed by atoms with Gasteiger partial charge in [0, 0.05) is 23.8 Å². The number of aryl methyl sites for hydroxylation is 1. The highest BCUT2D eigenvalue weighted by Crippen LogP contribution is 2.15. The SMILES string of the molecule is COc1ccc(NC[C@H](C)NC(=O)[C@H](CC(C)C)NC(=O)c2cccc(C)c2)cc1. The van der Waals surface area contributed by atoms with Gasteiger partial charge in [0.15, 0.2) is 0 Å². The Labute approximate surface area is 179 Å². The monoisotopic (exact) mass is 411 g/mol. The van der Waals surface area contributed by atoms with E-state index in [0.717, 1.165) is 17.0 Å². The summed E-state index contributed by atoms with van der Waals surface area (Å²) in [7, 11) is 1.63. The quantitative estimate of drug-likeness (QED) is 0.556. The maximum absolute atomic E-state index is 12.8. The molecule has 2 aromatic rings. The largest absolute Gasteiger partial charge is 0.497 e. The molecule has 0 aliphatic carbocycles. The third-order valence-corrected chi connectivity index (χ3v) is 4.70. The molecule has 6 heteroatoms. The van der Waals surface area contributed by atoms with E-state index in [1.807, 2.05) is 70.2 Å². The topological polar surface area (TPSA) is 79.5 Å². The van der Waals surface area contributed by atoms with Gasteiger partial charge < -0.3 is 20.7 Å². The highest BCUT2D eigenvalue weighted by molar-refractivity contribution is 5.97. The zero-order valence-corrected chi connectivity index (χ0v) is 18.5. The molecular weight excluding hydrogens is 378 g/mol. The summed E-state index contributed by atoms with van der Waals surface area (Å²) in [5.74, 6) is 0.659. The first kappa shape index (κ1) is 23.3. The van der Waals surface area contributed by atoms with Crippen molar-refractivity contribution in [3.63, 3.8) is 0 Å². The zero-order valence-electron chi connectivity index (χ0n) is 18.5. The van der Waals surface area contributed by atoms with Gasteiger partial charge in [-0.15, -0.1) is 0 Å². The van der Waals surface area contributed by atoms with E-state index < -0.39 is 6.04 Å². The van der Waals surface area contributed by atoms with Gasteiger partial charge in [-0.25, -0.2) is 0 Å². The van der Waals surface area contributed by atoms with E-state index in [9.17, 15) is 9.59 Å². The third-order valence-electron chi connectivity index (χ3n) is 4.70. The van der Waals surface area contributed by atoms with E-state index in [4.69, 9.17) is 4.74 Å². The fourth-order valence-corrected chi connectivity index (χ4v) is 3.11. The summed E-state index contributed by atoms with van der Waals surface area (Å²) in [5, 5.41) is 9.20. The summed E-state index contributed by atoms with van der Waals surface area (Å²) in [4.78, 5) is 25.5. The smallest absolute Gasteiger partial charge is 0.251 e. The minimum Gasteiger partial charge on any atom is -0.497 e. The van der Waals surface area contributed by atoms with Crippen molar-refractivity contribution in [1.82, 2.24) is 10.6 Å². The minimum absolute atomic E-state index is 0.106. The molecule has 162 valence electrons. The predicted octanol–water partition coefficient (Wildman–Crippen LogP) is 3.76. The average molecular weight is 412 g/mol. The molecule has 0 unspecified atom stereocenters. The van der Waals surface area contributed by atoms with Crippen molar-refractivity contribution < 1.29 is 14.3 Å². The van der Waals surface area contributed by atoms with Crippen LogP contribution in [0.15, 0.2) is 48.5 Å². The van der Waals surface area contributed by atoms with Gasteiger partial charge in [0.2, 0.25) is 5.91 Å². The van der Waals surface area contributed by atoms with Crippen LogP contribution in [0.1, 0.15) is 43.1 Å². The second-order valence-corrected chi connectivity index (χ2v) is 8.04. The number of carbonyl (C=O) groups excluding carboxylic acids is 2. The van der Waals surface area contributed by atoms with Crippen molar-refractivity contribution in [3.8, 4) is 5.75 Å². The molecule has 0 aliphatic heterocycles. The normalized spacial score (nSPS) is 12.7. The van der Waals surface area contributed by atoms with Crippen LogP contribution in [0.4, 0.5) is 5.69 Å². The predicted molar refractivity (Wildman–Crippen MR) is 121 cm³/mol. The first-order chi connectivity index (χ1) is 14.3. The molecular formula is C24H33N3O3. The zero-order chi connectivity index (χ0) is 22.1. The standard InChI is InChI=1S/C24H33N3O3/c1-16(2)13-22(27-23(28)19-8-6-7-17(3)14-19)24(29)26-18(4)15-25-20-9-11-21(30-5)12-10-20/h6-12,14,16,18,22,25H,13,15H2,1-5H3,(H,26,29)(H,27,28)/t18-,22-/m0/s1. The lowest BCUT2D eigenvalue weighted by Crippen LogP contribution is -2.50. The maximum atomic E-state index is 12.8. The second-order valence-electron chi connectivity index (χ2n) is 8.04. The summed E-state index contributed by atoms with van der Waals surface area (Å²) >= 11 is 0. The third kappa shape index (κ3) is 7.43. The molecule has 0 fully saturated rings. The van der Waals surface area contributed by atoms with Crippen LogP contribution in [0.5, 0.6) is 5.75 Å². The Morgan fingerprint density at radius 2 is 1.70 bits per heavy atom. The molecule has 2 amide bonds. The molecule has 0 radical (unpaired) electrons. The van der Waals surface area contributed by atoms with Crippen molar-refractivity contribution >= 4 is 17.5 Å². The lowest BCUT2D eigenvalue weighted by atomic mass is 10.0. The molecule has 30 heavy (non-hydrogen) atoms. The van der Waals surface area contributed by atoms with Crippen molar-refractivity contribution in [2.24, 2.45) is 5.92 Å². The van der Waals surface area contributed by atoms with E-state index in [-0.39, 0.29) is 23.8 Å². The van der Waals surface area contributed by atoms with Crippen molar-refractivity contribution in [2.45, 2.75) is 46.2 Å². The fourth-order valence-electron chi connectivity index (χ4n) is 3.11. The first-order valence-corrected chi connectivity index (χ1v) is 10.3. The number of ether oxygens (including phenoxy) is 1. The van der Waals surface area contributed by atoms with E-state index in [2.05, 4.69) is 16.0 Å². The lowest BCUT2D eigenvalue weighted by Gasteiger charge is -2.23. The fraction of sp³-hybridized carbons (Fsp3) is 0.417. The van der Waals surface area contributed by atoms with Crippen LogP contribution in [-0.4, -0.2) is 37.6 Å². The van der Waals surface area contributed by atoms with Crippen LogP contribution in [0.2, 0.25) is 0 Å². The van der Waals surface area contributed by atoms with Crippen molar-refractivity contribution in [1.29, 1.82) is 0 Å². The van der Waals surface area contributed by atoms with Crippen LogP contribution >= 0.6 is 0 Å². The molecule has 0 saturated carbocycles. The van der Waals surface area contributed by atoms with Crippen LogP contribution < -0.4 is 20.7 Å². The average Bonchev–Trinajstić information content (AvgIpc) is 2.71. The minimum atomic E-state index is -0.582. The van der Waals surface area contributed by atoms with E-state index in [0.29, 0.717) is 18.5 Å². The number of methoxy groups -OCH3 is 1. The van der Waals surface area contributed by atoms with Gasteiger partial charge in [-0.05, 0) is 62.6 Å². The van der Waals surface area contributed by atoms with E-state index >= 15 is 0 Å². The Kier molecular flexibility index (Phi) is 8.71. The van der Waals surface area contributed by atoms with Gasteiger partial charge in [-0.1, -0.05) is 31.5 Å². The van der Waals surface area contributed by atoms with Crippen LogP contribution in [0.25, 0.3) is 0 Å². The Hall–Kier alpha value is -3.02. The summed E-state index contributed by atoms with van der Waals surface area (Å²) in [6.45, 7) is 8.51. The number of rotatable bonds is 10. The summed E-state index contributed by atoms with van der Waals surface area (Å²) in [5.41, 5.74) is 2.51. The highest BCUT2D eigenvalue weighted by Gasteiger charge is 2.23. The number of anilines is 1. The molecule has 2 rings (SSSR count). The number of hydrogen-bond acceptors (Lipinski definition) is 4. The molecule has 2 aromatic carbocycles. The van der Waals surface area contributed by atoms with E-state index in [1.54, 1.807) is 13.2 Å². The Bertz CT molecular complexity index is 834. The molecule has 0 bridgehead atoms. The molecule has 0 aliphatic rings. The molecule has 2 atom stereocenters. The Balaban J connectivity index is 1.93. The van der Waals surface area contributed by atoms with Crippen LogP contribution in [-0.2, 0) is 4.79 Å². The first-order valence-electron chi connectivity index (χ1n) is 10.3. The van der Waals surface area contributed by atoms with Crippen molar-refractivity contribution in [3.05, 3.63) is 59.7 Å². The second kappa shape index (κ2) is 11.2. The van der Waals surface area contributed by atoms with Gasteiger partial charge >= 0.3 is 0 Å². The lowest BCUT2D eigenvalue weighted by molar-refractivity contribution is -0.123. The molecule has 0 spiro atoms. The number of benzene rings is 2. The Morgan fingerprint density at radius 3 is 2.30 bits per heavy atom. The van der Waals surface area contributed by atoms with Crippen LogP contribution in [0.3, 0.4) is 0 Å². The molecule has 0 aromatic heterocycles. The number of nitrogens with one attached hydrogen (secondary N) is 3. The van der Waals surface area contributed by atoms with Gasteiger partial charge in [-0.3, -0.25) is 9.59 Å². The molecule has 0 heterocycles. The summed E-state index contributed by atoms with van der Waals surface area (Å²) < 4.78 is 5.16. The van der Waals surface area contributed by atoms with E-state index in [1.165, 1.54) is 0 Å². The molecule has 0 saturated heterocycles. The van der Waals surface area contributed by atoms with Gasteiger partial charge in [0.05, 0.1) is 7.11 Å². The number of amides is 2. The van der Waals surface area contributed by atoms with Crippen molar-refractivity contribution in [2.75, 3.05) is 19.0 Å². The Morgan fingerprint density at radius 1 is 1.00 bits per heavy atom. The van der Waals surface area contributed by atoms with Gasteiger partial charge in [0.25, 0.3) is 5.91 Å². The van der Waals surface area contributed by atoms with Crippen LogP contribution in [0, 0.1) is 12.8 Å². The molecule has 6 nitrogen and oxygen atoms in total. The molecule has 3 N–H and O–H groups in total. The van der Waals surface area contributed by atoms with Gasteiger partial charge in [0.1, 0.15) is 11.8 Å². The summed E-state index contributed by atoms with van der Waals surface area (Å²) in [6, 6.07) is 14.3. The highest BCUT2D eigenvalue weighted by atomic mass is 16.5. The number of hydrogen-bond donors (Lipinski definition) is 3. The van der Waals surface area contributed by atoms with Gasteiger partial charge in [-0.2, -0.15) is 0 Å². The maximum Gasteiger partial charge on any atom is 0.251 e. The number of carbonyl (C=O) groups is 2.